The van der Waals surface area contributed by atoms with Crippen LogP contribution < -0.4 is 20.7 Å². The van der Waals surface area contributed by atoms with Crippen LogP contribution in [0.25, 0.3) is 0 Å². The molecule has 0 aromatic carbocycles. The van der Waals surface area contributed by atoms with Crippen LogP contribution in [0.3, 0.4) is 0 Å². The van der Waals surface area contributed by atoms with Crippen molar-refractivity contribution < 1.29 is 14.2 Å². The number of nitrogens with zero attached hydrogens (tertiary/aromatic N) is 3. The second-order valence-corrected chi connectivity index (χ2v) is 5.89. The lowest BCUT2D eigenvalue weighted by atomic mass is 10.1. The van der Waals surface area contributed by atoms with Gasteiger partial charge in [0.1, 0.15) is 6.17 Å². The van der Waals surface area contributed by atoms with Crippen LogP contribution in [-0.4, -0.2) is 45.4 Å². The van der Waals surface area contributed by atoms with E-state index in [9.17, 15) is 9.60 Å². The minimum absolute atomic E-state index is 0.0165. The first-order valence-electron chi connectivity index (χ1n) is 6.48. The summed E-state index contributed by atoms with van der Waals surface area (Å²) in [5.74, 6) is 0.316. The van der Waals surface area contributed by atoms with Gasteiger partial charge in [-0.15, -0.1) is 0 Å². The molecule has 2 unspecified atom stereocenters. The van der Waals surface area contributed by atoms with Crippen molar-refractivity contribution in [1.29, 1.82) is 0 Å². The van der Waals surface area contributed by atoms with Crippen LogP contribution in [0, 0.1) is 0 Å². The van der Waals surface area contributed by atoms with Gasteiger partial charge in [-0.25, -0.2) is 18.7 Å². The van der Waals surface area contributed by atoms with Gasteiger partial charge in [-0.3, -0.25) is 15.8 Å². The van der Waals surface area contributed by atoms with E-state index in [1.54, 1.807) is 6.08 Å². The highest BCUT2D eigenvalue weighted by molar-refractivity contribution is 9.09. The van der Waals surface area contributed by atoms with Crippen molar-refractivity contribution in [3.63, 3.8) is 0 Å². The number of halogens is 2. The molecule has 0 saturated carbocycles. The van der Waals surface area contributed by atoms with Gasteiger partial charge in [-0.1, -0.05) is 15.9 Å². The maximum absolute atomic E-state index is 13.4. The Morgan fingerprint density at radius 1 is 1.52 bits per heavy atom. The van der Waals surface area contributed by atoms with Gasteiger partial charge in [0, 0.05) is 25.2 Å². The molecule has 1 aliphatic rings. The number of nitrogens with one attached hydrogen (secondary N) is 3. The van der Waals surface area contributed by atoms with Crippen LogP contribution in [0.4, 0.5) is 10.2 Å². The van der Waals surface area contributed by atoms with E-state index in [2.05, 4.69) is 45.9 Å². The van der Waals surface area contributed by atoms with Gasteiger partial charge in [0.25, 0.3) is 0 Å². The van der Waals surface area contributed by atoms with Gasteiger partial charge in [0.05, 0.1) is 10.5 Å². The van der Waals surface area contributed by atoms with Crippen LogP contribution in [-0.2, 0) is 0 Å². The molecule has 2 rings (SSSR count). The molecule has 1 aliphatic carbocycles. The van der Waals surface area contributed by atoms with Gasteiger partial charge in [0.15, 0.2) is 11.5 Å². The molecule has 1 aromatic rings. The molecule has 0 bridgehead atoms. The normalized spacial score (nSPS) is 21.2. The average Bonchev–Trinajstić information content (AvgIpc) is 3.01. The van der Waals surface area contributed by atoms with Crippen molar-refractivity contribution >= 4 is 39.7 Å². The number of nitrogens with two attached hydrogens (primary N) is 1. The summed E-state index contributed by atoms with van der Waals surface area (Å²) in [5.41, 5.74) is 2.59. The molecule has 2 atom stereocenters. The molecule has 9 nitrogen and oxygen atoms in total. The molecule has 0 aliphatic heterocycles. The van der Waals surface area contributed by atoms with E-state index < -0.39 is 11.0 Å². The predicted octanol–water partition coefficient (Wildman–Crippen LogP) is 0.874. The summed E-state index contributed by atoms with van der Waals surface area (Å²) in [6.45, 7) is 1.07. The highest BCUT2D eigenvalue weighted by atomic mass is 79.9. The summed E-state index contributed by atoms with van der Waals surface area (Å²) in [6, 6.07) is 0. The zero-order valence-corrected chi connectivity index (χ0v) is 14.1. The SMILES string of the molecule is NSNCCNc1nonc1C(=NC1=CC(Br)C(F)C=C1)NO. The summed E-state index contributed by atoms with van der Waals surface area (Å²) in [7, 11) is 0. The van der Waals surface area contributed by atoms with Crippen molar-refractivity contribution in [2.75, 3.05) is 18.4 Å². The minimum Gasteiger partial charge on any atom is -0.364 e. The van der Waals surface area contributed by atoms with Crippen LogP contribution in [0.15, 0.2) is 33.5 Å². The summed E-state index contributed by atoms with van der Waals surface area (Å²) < 4.78 is 20.9. The third-order valence-electron chi connectivity index (χ3n) is 2.75. The molecule has 1 heterocycles. The zero-order chi connectivity index (χ0) is 16.7. The van der Waals surface area contributed by atoms with Crippen molar-refractivity contribution in [2.45, 2.75) is 11.0 Å². The first-order valence-corrected chi connectivity index (χ1v) is 8.27. The summed E-state index contributed by atoms with van der Waals surface area (Å²) >= 11 is 4.19. The van der Waals surface area contributed by atoms with E-state index in [0.717, 1.165) is 12.1 Å². The molecule has 0 radical (unpaired) electrons. The number of hydroxylamine groups is 1. The fourth-order valence-electron chi connectivity index (χ4n) is 1.69. The molecule has 126 valence electrons. The third kappa shape index (κ3) is 5.00. The summed E-state index contributed by atoms with van der Waals surface area (Å²) in [4.78, 5) is 3.69. The van der Waals surface area contributed by atoms with Crippen molar-refractivity contribution in [3.8, 4) is 0 Å². The number of anilines is 1. The van der Waals surface area contributed by atoms with Crippen molar-refractivity contribution in [1.82, 2.24) is 20.5 Å². The average molecular weight is 408 g/mol. The number of alkyl halides is 2. The Kier molecular flexibility index (Phi) is 6.98. The lowest BCUT2D eigenvalue weighted by Crippen LogP contribution is -2.24. The standard InChI is InChI=1S/C11H15BrFN7O2S/c12-7-5-6(1-2-8(7)13)17-11(18-21)9-10(20-22-19-9)15-3-4-16-23-14/h1-2,5,7-8,16,21H,3-4,14H2,(H,15,20)(H,17,18). The molecule has 0 saturated heterocycles. The lowest BCUT2D eigenvalue weighted by Gasteiger charge is -2.13. The van der Waals surface area contributed by atoms with E-state index in [1.807, 2.05) is 5.48 Å². The number of allylic oxidation sites excluding steroid dienone is 3. The Morgan fingerprint density at radius 3 is 3.04 bits per heavy atom. The molecule has 1 aromatic heterocycles. The van der Waals surface area contributed by atoms with Crippen molar-refractivity contribution in [3.05, 3.63) is 29.6 Å². The maximum atomic E-state index is 13.4. The Balaban J connectivity index is 2.12. The zero-order valence-electron chi connectivity index (χ0n) is 11.7. The van der Waals surface area contributed by atoms with Crippen LogP contribution >= 0.6 is 28.1 Å². The Morgan fingerprint density at radius 2 is 2.35 bits per heavy atom. The molecule has 0 spiro atoms. The smallest absolute Gasteiger partial charge is 0.202 e. The van der Waals surface area contributed by atoms with Crippen LogP contribution in [0.2, 0.25) is 0 Å². The van der Waals surface area contributed by atoms with E-state index in [1.165, 1.54) is 12.2 Å². The van der Waals surface area contributed by atoms with Crippen LogP contribution in [0.5, 0.6) is 0 Å². The number of aliphatic imine (C=N–C) groups is 1. The molecule has 0 amide bonds. The summed E-state index contributed by atoms with van der Waals surface area (Å²) in [5, 5.41) is 24.9. The van der Waals surface area contributed by atoms with E-state index in [0.29, 0.717) is 24.6 Å². The molecule has 6 N–H and O–H groups in total. The van der Waals surface area contributed by atoms with E-state index in [4.69, 9.17) is 5.14 Å². The summed E-state index contributed by atoms with van der Waals surface area (Å²) in [6.07, 6.45) is 3.32. The topological polar surface area (TPSA) is 134 Å². The van der Waals surface area contributed by atoms with Gasteiger partial charge in [-0.05, 0) is 28.5 Å². The lowest BCUT2D eigenvalue weighted by molar-refractivity contribution is 0.233. The first kappa shape index (κ1) is 17.9. The first-order chi connectivity index (χ1) is 11.2. The van der Waals surface area contributed by atoms with E-state index >= 15 is 0 Å². The van der Waals surface area contributed by atoms with Gasteiger partial charge in [0.2, 0.25) is 5.82 Å². The van der Waals surface area contributed by atoms with Crippen LogP contribution in [0.1, 0.15) is 5.69 Å². The number of hydrogen-bond acceptors (Lipinski definition) is 9. The number of rotatable bonds is 7. The van der Waals surface area contributed by atoms with Crippen molar-refractivity contribution in [2.24, 2.45) is 10.1 Å². The highest BCUT2D eigenvalue weighted by Gasteiger charge is 2.20. The highest BCUT2D eigenvalue weighted by Crippen LogP contribution is 2.22. The van der Waals surface area contributed by atoms with Gasteiger partial charge in [-0.2, -0.15) is 0 Å². The third-order valence-corrected chi connectivity index (χ3v) is 3.89. The number of hydrogen-bond donors (Lipinski definition) is 5. The predicted molar refractivity (Wildman–Crippen MR) is 88.9 cm³/mol. The number of amidine groups is 1. The van der Waals surface area contributed by atoms with Gasteiger partial charge < -0.3 is 5.32 Å². The molecule has 0 fully saturated rings. The fourth-order valence-corrected chi connectivity index (χ4v) is 2.36. The molecule has 12 heteroatoms. The molecular formula is C11H15BrFN7O2S. The molecular weight excluding hydrogens is 393 g/mol. The Labute approximate surface area is 144 Å². The Bertz CT molecular complexity index is 609. The largest absolute Gasteiger partial charge is 0.364 e. The second-order valence-electron chi connectivity index (χ2n) is 4.31. The maximum Gasteiger partial charge on any atom is 0.202 e. The monoisotopic (exact) mass is 407 g/mol. The number of aromatic nitrogens is 2. The van der Waals surface area contributed by atoms with Gasteiger partial charge >= 0.3 is 0 Å². The molecule has 23 heavy (non-hydrogen) atoms. The second kappa shape index (κ2) is 8.98. The fraction of sp³-hybridized carbons (Fsp3) is 0.364. The van der Waals surface area contributed by atoms with E-state index in [-0.39, 0.29) is 11.5 Å². The quantitative estimate of drug-likeness (QED) is 0.111. The minimum atomic E-state index is -1.13. The Hall–Kier alpha value is -1.47.